The van der Waals surface area contributed by atoms with Crippen molar-refractivity contribution in [2.75, 3.05) is 56.9 Å². The fraction of sp³-hybridized carbons (Fsp3) is 0.600. The summed E-state index contributed by atoms with van der Waals surface area (Å²) >= 11 is 6.46. The number of ether oxygens (including phenoxy) is 3. The molecule has 0 radical (unpaired) electrons. The fourth-order valence-electron chi connectivity index (χ4n) is 9.05. The van der Waals surface area contributed by atoms with Gasteiger partial charge in [-0.05, 0) is 116 Å². The molecule has 3 aliphatic carbocycles. The first-order chi connectivity index (χ1) is 24.1. The number of amides is 1. The predicted octanol–water partition coefficient (Wildman–Crippen LogP) is 7.30. The van der Waals surface area contributed by atoms with Crippen molar-refractivity contribution in [3.05, 3.63) is 70.3 Å². The van der Waals surface area contributed by atoms with Crippen LogP contribution in [0.15, 0.2) is 52.9 Å². The van der Waals surface area contributed by atoms with Crippen molar-refractivity contribution in [1.82, 2.24) is 0 Å². The molecular weight excluding hydrogens is 672 g/mol. The number of ketones is 1. The lowest BCUT2D eigenvalue weighted by atomic mass is 9.68. The number of anilines is 1. The number of methoxy groups -OCH3 is 2. The van der Waals surface area contributed by atoms with Gasteiger partial charge in [0.1, 0.15) is 11.5 Å². The fourth-order valence-corrected chi connectivity index (χ4v) is 11.6. The first-order valence-electron chi connectivity index (χ1n) is 18.4. The van der Waals surface area contributed by atoms with E-state index in [4.69, 9.17) is 25.8 Å². The molecule has 1 amide bonds. The van der Waals surface area contributed by atoms with Gasteiger partial charge in [0.25, 0.3) is 5.91 Å². The van der Waals surface area contributed by atoms with Gasteiger partial charge < -0.3 is 19.1 Å². The van der Waals surface area contributed by atoms with E-state index in [2.05, 4.69) is 33.5 Å². The number of hydrogen-bond donors (Lipinski definition) is 0. The van der Waals surface area contributed by atoms with Crippen LogP contribution in [0.2, 0.25) is 5.02 Å². The standard InChI is InChI=1S/C40H51ClN2O6S/c1-26-6-4-8-37(48-3)34-12-9-29(34)20-43-24-40(15-5-7-27-17-32(41)11-13-35(27)40)25-49-38-14-10-28(19-36(38)43)39(45)42-50(46,22-26)23-33(44)18-30-16-31(30)21-47-2/h4,8,10-11,13-14,17,19,26,29-31,34,37H,5-7,9,12,15-16,18,20-25H2,1-3H3/b8-4+/t26-,29-,30+,31-,34+,37-,40-,50+/m0/s1. The highest BCUT2D eigenvalue weighted by Crippen LogP contribution is 2.47. The van der Waals surface area contributed by atoms with E-state index in [-0.39, 0.29) is 40.6 Å². The zero-order chi connectivity index (χ0) is 35.0. The summed E-state index contributed by atoms with van der Waals surface area (Å²) in [6, 6.07) is 11.8. The van der Waals surface area contributed by atoms with E-state index in [1.54, 1.807) is 20.3 Å². The Bertz CT molecular complexity index is 1770. The largest absolute Gasteiger partial charge is 0.490 e. The van der Waals surface area contributed by atoms with Gasteiger partial charge in [0.15, 0.2) is 0 Å². The molecule has 2 aromatic rings. The minimum absolute atomic E-state index is 0.0230. The van der Waals surface area contributed by atoms with E-state index in [9.17, 15) is 13.8 Å². The van der Waals surface area contributed by atoms with Crippen LogP contribution in [-0.4, -0.2) is 74.0 Å². The van der Waals surface area contributed by atoms with Gasteiger partial charge in [0, 0.05) is 62.1 Å². The molecule has 2 fully saturated rings. The second-order valence-corrected chi connectivity index (χ2v) is 18.5. The molecule has 0 saturated heterocycles. The molecule has 2 aromatic carbocycles. The van der Waals surface area contributed by atoms with Crippen LogP contribution in [0.3, 0.4) is 0 Å². The van der Waals surface area contributed by atoms with Crippen LogP contribution >= 0.6 is 11.6 Å². The number of allylic oxidation sites excluding steroid dienone is 1. The number of halogens is 1. The summed E-state index contributed by atoms with van der Waals surface area (Å²) in [5, 5.41) is 0.752. The predicted molar refractivity (Wildman–Crippen MR) is 198 cm³/mol. The molecule has 2 bridgehead atoms. The second kappa shape index (κ2) is 14.7. The SMILES string of the molecule is COC[C@@H]1C[C@@H]1CC(=O)C[S@@]1(=O)=NC(=O)c2ccc3c(c2)N(C[C@@H]2CC[C@H]2[C@@H](OC)/C=C/C[C@H](C)C1)C[C@@]1(CCCc2cc(Cl)ccc21)CO3. The lowest BCUT2D eigenvalue weighted by Crippen LogP contribution is -2.49. The van der Waals surface area contributed by atoms with Crippen molar-refractivity contribution in [3.8, 4) is 5.75 Å². The van der Waals surface area contributed by atoms with Crippen LogP contribution in [0.4, 0.5) is 5.69 Å². The number of hydrogen-bond acceptors (Lipinski definition) is 7. The molecule has 270 valence electrons. The highest BCUT2D eigenvalue weighted by molar-refractivity contribution is 7.94. The minimum atomic E-state index is -3.17. The van der Waals surface area contributed by atoms with Crippen molar-refractivity contribution < 1.29 is 28.0 Å². The van der Waals surface area contributed by atoms with Crippen molar-refractivity contribution >= 4 is 38.7 Å². The number of rotatable bonds is 7. The van der Waals surface area contributed by atoms with Gasteiger partial charge in [-0.3, -0.25) is 9.59 Å². The van der Waals surface area contributed by atoms with Crippen LogP contribution in [0.5, 0.6) is 5.75 Å². The summed E-state index contributed by atoms with van der Waals surface area (Å²) in [6.45, 7) is 4.73. The molecule has 0 aromatic heterocycles. The Morgan fingerprint density at radius 1 is 1.16 bits per heavy atom. The molecular formula is C40H51ClN2O6S. The van der Waals surface area contributed by atoms with E-state index in [1.165, 1.54) is 11.1 Å². The number of fused-ring (bicyclic) bond motifs is 4. The Labute approximate surface area is 302 Å². The normalized spacial score (nSPS) is 34.3. The first-order valence-corrected chi connectivity index (χ1v) is 20.6. The van der Waals surface area contributed by atoms with Gasteiger partial charge in [-0.15, -0.1) is 0 Å². The van der Waals surface area contributed by atoms with Gasteiger partial charge in [-0.2, -0.15) is 4.36 Å². The second-order valence-electron chi connectivity index (χ2n) is 15.7. The number of benzene rings is 2. The Morgan fingerprint density at radius 2 is 2.02 bits per heavy atom. The van der Waals surface area contributed by atoms with E-state index in [1.807, 2.05) is 25.1 Å². The quantitative estimate of drug-likeness (QED) is 0.277. The first kappa shape index (κ1) is 35.7. The summed E-state index contributed by atoms with van der Waals surface area (Å²) < 4.78 is 37.0. The lowest BCUT2D eigenvalue weighted by Gasteiger charge is -2.46. The summed E-state index contributed by atoms with van der Waals surface area (Å²) in [7, 11) is 0.289. The molecule has 8 atom stereocenters. The number of aryl methyl sites for hydroxylation is 1. The third kappa shape index (κ3) is 7.57. The minimum Gasteiger partial charge on any atom is -0.490 e. The van der Waals surface area contributed by atoms with Gasteiger partial charge in [0.05, 0.1) is 33.9 Å². The average Bonchev–Trinajstić information content (AvgIpc) is 3.82. The Kier molecular flexibility index (Phi) is 10.5. The van der Waals surface area contributed by atoms with Gasteiger partial charge in [-0.25, -0.2) is 4.21 Å². The van der Waals surface area contributed by atoms with Gasteiger partial charge in [-0.1, -0.05) is 36.7 Å². The Morgan fingerprint density at radius 3 is 2.80 bits per heavy atom. The molecule has 0 unspecified atom stereocenters. The maximum absolute atomic E-state index is 14.5. The average molecular weight is 723 g/mol. The monoisotopic (exact) mass is 722 g/mol. The zero-order valence-electron chi connectivity index (χ0n) is 29.6. The van der Waals surface area contributed by atoms with E-state index >= 15 is 0 Å². The molecule has 10 heteroatoms. The number of Topliss-reactive ketones (excluding diaryl/α,β-unsaturated/α-hetero) is 1. The Balaban J connectivity index is 1.26. The maximum atomic E-state index is 14.5. The molecule has 1 spiro atoms. The van der Waals surface area contributed by atoms with E-state index < -0.39 is 15.6 Å². The van der Waals surface area contributed by atoms with Crippen molar-refractivity contribution in [3.63, 3.8) is 0 Å². The number of carbonyl (C=O) groups is 2. The van der Waals surface area contributed by atoms with Crippen molar-refractivity contribution in [2.45, 2.75) is 69.8 Å². The Hall–Kier alpha value is -2.72. The molecule has 50 heavy (non-hydrogen) atoms. The molecule has 7 rings (SSSR count). The maximum Gasteiger partial charge on any atom is 0.285 e. The third-order valence-corrected chi connectivity index (χ3v) is 14.5. The molecule has 8 nitrogen and oxygen atoms in total. The topological polar surface area (TPSA) is 94.5 Å². The van der Waals surface area contributed by atoms with Gasteiger partial charge >= 0.3 is 0 Å². The van der Waals surface area contributed by atoms with Crippen molar-refractivity contribution in [1.29, 1.82) is 0 Å². The number of nitrogens with zero attached hydrogens (tertiary/aromatic N) is 2. The highest BCUT2D eigenvalue weighted by atomic mass is 35.5. The van der Waals surface area contributed by atoms with E-state index in [0.717, 1.165) is 68.1 Å². The molecule has 2 heterocycles. The van der Waals surface area contributed by atoms with Crippen LogP contribution < -0.4 is 9.64 Å². The smallest absolute Gasteiger partial charge is 0.285 e. The lowest BCUT2D eigenvalue weighted by molar-refractivity contribution is -0.117. The van der Waals surface area contributed by atoms with Crippen LogP contribution in [0.25, 0.3) is 0 Å². The van der Waals surface area contributed by atoms with Gasteiger partial charge in [0.2, 0.25) is 0 Å². The highest BCUT2D eigenvalue weighted by Gasteiger charge is 2.44. The van der Waals surface area contributed by atoms with E-state index in [0.29, 0.717) is 49.4 Å². The summed E-state index contributed by atoms with van der Waals surface area (Å²) in [4.78, 5) is 29.7. The molecule has 0 N–H and O–H groups in total. The number of carbonyl (C=O) groups excluding carboxylic acids is 2. The summed E-state index contributed by atoms with van der Waals surface area (Å²) in [5.74, 6) is 1.44. The van der Waals surface area contributed by atoms with Crippen molar-refractivity contribution in [2.24, 2.45) is 34.0 Å². The van der Waals surface area contributed by atoms with Crippen LogP contribution in [0.1, 0.15) is 73.4 Å². The zero-order valence-corrected chi connectivity index (χ0v) is 31.2. The molecule has 2 saturated carbocycles. The molecule has 5 aliphatic rings. The van der Waals surface area contributed by atoms with Crippen LogP contribution in [-0.2, 0) is 35.8 Å². The van der Waals surface area contributed by atoms with Crippen LogP contribution in [0, 0.1) is 29.6 Å². The summed E-state index contributed by atoms with van der Waals surface area (Å²) in [5.41, 5.74) is 3.57. The third-order valence-electron chi connectivity index (χ3n) is 11.9. The summed E-state index contributed by atoms with van der Waals surface area (Å²) in [6.07, 6.45) is 11.5. The molecule has 2 aliphatic heterocycles.